The average Bonchev–Trinajstić information content (AvgIpc) is 1.77. The first-order valence-corrected chi connectivity index (χ1v) is 5.58. The molecule has 1 saturated carbocycles. The molecule has 8 heavy (non-hydrogen) atoms. The Kier molecular flexibility index (Phi) is 3.39. The van der Waals surface area contributed by atoms with E-state index in [9.17, 15) is 0 Å². The van der Waals surface area contributed by atoms with Gasteiger partial charge in [0.2, 0.25) is 0 Å². The van der Waals surface area contributed by atoms with Crippen LogP contribution in [0, 0.1) is 0 Å². The molecule has 1 aliphatic rings. The van der Waals surface area contributed by atoms with Crippen molar-refractivity contribution in [2.24, 2.45) is 0 Å². The fourth-order valence-electron chi connectivity index (χ4n) is 1.04. The van der Waals surface area contributed by atoms with Crippen molar-refractivity contribution < 1.29 is 0 Å². The second kappa shape index (κ2) is 3.58. The molecule has 1 fully saturated rings. The normalized spacial score (nSPS) is 39.8. The average molecular weight is 336 g/mol. The van der Waals surface area contributed by atoms with Crippen LogP contribution in [0.25, 0.3) is 0 Å². The van der Waals surface area contributed by atoms with Crippen molar-refractivity contribution in [2.45, 2.75) is 33.5 Å². The van der Waals surface area contributed by atoms with Gasteiger partial charge >= 0.3 is 0 Å². The minimum atomic E-state index is 0.960. The minimum Gasteiger partial charge on any atom is -0.0815 e. The monoisotopic (exact) mass is 336 g/mol. The second-order valence-electron chi connectivity index (χ2n) is 2.32. The van der Waals surface area contributed by atoms with Crippen LogP contribution in [-0.2, 0) is 0 Å². The van der Waals surface area contributed by atoms with Gasteiger partial charge in [0.25, 0.3) is 0 Å². The topological polar surface area (TPSA) is 0 Å². The van der Waals surface area contributed by atoms with Crippen LogP contribution in [0.3, 0.4) is 0 Å². The summed E-state index contributed by atoms with van der Waals surface area (Å²) in [5.74, 6) is 0. The van der Waals surface area contributed by atoms with E-state index < -0.39 is 0 Å². The highest BCUT2D eigenvalue weighted by Gasteiger charge is 2.18. The Hall–Kier alpha value is 1.46. The lowest BCUT2D eigenvalue weighted by Gasteiger charge is -2.21. The number of hydrogen-bond donors (Lipinski definition) is 0. The first-order chi connectivity index (χ1) is 3.80. The highest BCUT2D eigenvalue weighted by Crippen LogP contribution is 2.30. The molecule has 2 heteroatoms. The van der Waals surface area contributed by atoms with Crippen molar-refractivity contribution in [1.82, 2.24) is 0 Å². The molecular weight excluding hydrogens is 326 g/mol. The Labute approximate surface area is 78.1 Å². The smallest absolute Gasteiger partial charge is 0.0227 e. The van der Waals surface area contributed by atoms with Crippen LogP contribution in [0.1, 0.15) is 25.7 Å². The van der Waals surface area contributed by atoms with Gasteiger partial charge in [-0.1, -0.05) is 58.0 Å². The molecule has 0 saturated heterocycles. The van der Waals surface area contributed by atoms with E-state index in [-0.39, 0.29) is 0 Å². The van der Waals surface area contributed by atoms with E-state index in [1.54, 1.807) is 0 Å². The van der Waals surface area contributed by atoms with Crippen LogP contribution in [0.4, 0.5) is 0 Å². The van der Waals surface area contributed by atoms with Gasteiger partial charge in [0, 0.05) is 7.85 Å². The van der Waals surface area contributed by atoms with Crippen LogP contribution in [0.2, 0.25) is 0 Å². The zero-order chi connectivity index (χ0) is 5.98. The summed E-state index contributed by atoms with van der Waals surface area (Å²) in [4.78, 5) is 0. The summed E-state index contributed by atoms with van der Waals surface area (Å²) >= 11 is 5.15. The number of alkyl halides is 2. The lowest BCUT2D eigenvalue weighted by atomic mass is 10.0. The third-order valence-electron chi connectivity index (χ3n) is 1.60. The molecule has 1 rings (SSSR count). The lowest BCUT2D eigenvalue weighted by molar-refractivity contribution is 0.551. The minimum absolute atomic E-state index is 0.960. The maximum absolute atomic E-state index is 2.58. The van der Waals surface area contributed by atoms with Gasteiger partial charge in [-0.25, -0.2) is 0 Å². The zero-order valence-corrected chi connectivity index (χ0v) is 9.05. The third-order valence-corrected chi connectivity index (χ3v) is 5.96. The molecule has 0 aromatic carbocycles. The van der Waals surface area contributed by atoms with Crippen molar-refractivity contribution in [1.29, 1.82) is 0 Å². The van der Waals surface area contributed by atoms with Crippen molar-refractivity contribution >= 4 is 45.2 Å². The molecular formula is C6H10I2. The standard InChI is InChI=1S/C6H10I2/c7-5-3-1-2-4-6(5)8/h5-6H,1-4H2. The van der Waals surface area contributed by atoms with Crippen LogP contribution < -0.4 is 0 Å². The summed E-state index contributed by atoms with van der Waals surface area (Å²) in [6, 6.07) is 0. The Balaban J connectivity index is 2.28. The lowest BCUT2D eigenvalue weighted by Crippen LogP contribution is -2.17. The molecule has 0 spiro atoms. The molecule has 0 aromatic rings. The summed E-state index contributed by atoms with van der Waals surface area (Å²) in [6.45, 7) is 0. The van der Waals surface area contributed by atoms with Gasteiger partial charge in [-0.2, -0.15) is 0 Å². The van der Waals surface area contributed by atoms with Gasteiger partial charge in [-0.3, -0.25) is 0 Å². The van der Waals surface area contributed by atoms with Crippen LogP contribution in [0.5, 0.6) is 0 Å². The summed E-state index contributed by atoms with van der Waals surface area (Å²) < 4.78 is 1.92. The molecule has 0 radical (unpaired) electrons. The predicted molar refractivity (Wildman–Crippen MR) is 54.1 cm³/mol. The molecule has 2 atom stereocenters. The molecule has 0 aromatic heterocycles. The van der Waals surface area contributed by atoms with Gasteiger partial charge in [0.05, 0.1) is 0 Å². The second-order valence-corrected chi connectivity index (χ2v) is 5.52. The Morgan fingerprint density at radius 3 is 1.50 bits per heavy atom. The number of halogens is 2. The molecule has 1 aliphatic carbocycles. The summed E-state index contributed by atoms with van der Waals surface area (Å²) in [5.41, 5.74) is 0. The largest absolute Gasteiger partial charge is 0.0815 e. The van der Waals surface area contributed by atoms with Crippen molar-refractivity contribution in [2.75, 3.05) is 0 Å². The first-order valence-electron chi connectivity index (χ1n) is 3.09. The van der Waals surface area contributed by atoms with E-state index in [4.69, 9.17) is 0 Å². The van der Waals surface area contributed by atoms with Crippen molar-refractivity contribution in [3.63, 3.8) is 0 Å². The Morgan fingerprint density at radius 1 is 0.875 bits per heavy atom. The maximum Gasteiger partial charge on any atom is 0.0227 e. The van der Waals surface area contributed by atoms with Crippen LogP contribution in [-0.4, -0.2) is 7.85 Å². The van der Waals surface area contributed by atoms with Crippen molar-refractivity contribution in [3.8, 4) is 0 Å². The SMILES string of the molecule is IC1CCCCC1I. The Bertz CT molecular complexity index is 62.9. The van der Waals surface area contributed by atoms with E-state index in [2.05, 4.69) is 45.2 Å². The van der Waals surface area contributed by atoms with E-state index in [1.807, 2.05) is 0 Å². The van der Waals surface area contributed by atoms with Gasteiger partial charge in [0.15, 0.2) is 0 Å². The summed E-state index contributed by atoms with van der Waals surface area (Å²) in [5, 5.41) is 0. The highest BCUT2D eigenvalue weighted by atomic mass is 127. The van der Waals surface area contributed by atoms with Gasteiger partial charge in [-0.15, -0.1) is 0 Å². The number of hydrogen-bond acceptors (Lipinski definition) is 0. The zero-order valence-electron chi connectivity index (χ0n) is 4.74. The highest BCUT2D eigenvalue weighted by molar-refractivity contribution is 14.1. The quantitative estimate of drug-likeness (QED) is 0.471. The first kappa shape index (κ1) is 7.57. The van der Waals surface area contributed by atoms with Crippen LogP contribution in [0.15, 0.2) is 0 Å². The summed E-state index contributed by atoms with van der Waals surface area (Å²) in [7, 11) is 0. The number of rotatable bonds is 0. The van der Waals surface area contributed by atoms with E-state index >= 15 is 0 Å². The maximum atomic E-state index is 2.58. The van der Waals surface area contributed by atoms with Crippen molar-refractivity contribution in [3.05, 3.63) is 0 Å². The van der Waals surface area contributed by atoms with Gasteiger partial charge < -0.3 is 0 Å². The molecule has 0 aliphatic heterocycles. The van der Waals surface area contributed by atoms with Crippen LogP contribution >= 0.6 is 45.2 Å². The molecule has 48 valence electrons. The van der Waals surface area contributed by atoms with Gasteiger partial charge in [0.1, 0.15) is 0 Å². The predicted octanol–water partition coefficient (Wildman–Crippen LogP) is 3.17. The fraction of sp³-hybridized carbons (Fsp3) is 1.00. The van der Waals surface area contributed by atoms with E-state index in [0.717, 1.165) is 7.85 Å². The van der Waals surface area contributed by atoms with E-state index in [0.29, 0.717) is 0 Å². The Morgan fingerprint density at radius 2 is 1.25 bits per heavy atom. The summed E-state index contributed by atoms with van der Waals surface area (Å²) in [6.07, 6.45) is 5.84. The fourth-order valence-corrected chi connectivity index (χ4v) is 2.64. The van der Waals surface area contributed by atoms with E-state index in [1.165, 1.54) is 25.7 Å². The van der Waals surface area contributed by atoms with Gasteiger partial charge in [-0.05, 0) is 12.8 Å². The molecule has 0 bridgehead atoms. The molecule has 0 nitrogen and oxygen atoms in total. The molecule has 2 unspecified atom stereocenters. The third kappa shape index (κ3) is 2.01. The molecule has 0 amide bonds. The molecule has 0 heterocycles. The molecule has 0 N–H and O–H groups in total.